The first kappa shape index (κ1) is 22.5. The molecule has 9 nitrogen and oxygen atoms in total. The molecule has 2 N–H and O–H groups in total. The van der Waals surface area contributed by atoms with Gasteiger partial charge in [0, 0.05) is 12.1 Å². The van der Waals surface area contributed by atoms with Crippen molar-refractivity contribution in [2.75, 3.05) is 13.7 Å². The molecule has 9 heteroatoms. The van der Waals surface area contributed by atoms with E-state index in [0.29, 0.717) is 43.4 Å². The van der Waals surface area contributed by atoms with Crippen LogP contribution in [-0.2, 0) is 9.59 Å². The Morgan fingerprint density at radius 1 is 1.13 bits per heavy atom. The predicted octanol–water partition coefficient (Wildman–Crippen LogP) is 2.95. The highest BCUT2D eigenvalue weighted by Crippen LogP contribution is 2.38. The molecule has 1 heterocycles. The van der Waals surface area contributed by atoms with E-state index in [-0.39, 0.29) is 18.3 Å². The number of aromatic nitrogens is 2. The van der Waals surface area contributed by atoms with Crippen LogP contribution in [-0.4, -0.2) is 46.5 Å². The minimum atomic E-state index is -1.36. The summed E-state index contributed by atoms with van der Waals surface area (Å²) in [6.07, 6.45) is 4.41. The first-order chi connectivity index (χ1) is 14.9. The molecule has 0 spiro atoms. The quantitative estimate of drug-likeness (QED) is 0.505. The van der Waals surface area contributed by atoms with Crippen molar-refractivity contribution in [1.29, 1.82) is 0 Å². The number of hydrogen-bond acceptors (Lipinski definition) is 7. The molecule has 1 fully saturated rings. The lowest BCUT2D eigenvalue weighted by molar-refractivity contribution is -0.149. The lowest BCUT2D eigenvalue weighted by Crippen LogP contribution is -2.54. The van der Waals surface area contributed by atoms with Crippen molar-refractivity contribution in [2.45, 2.75) is 51.9 Å². The average Bonchev–Trinajstić information content (AvgIpc) is 3.29. The Balaban J connectivity index is 1.88. The van der Waals surface area contributed by atoms with Gasteiger partial charge >= 0.3 is 11.8 Å². The number of benzene rings is 1. The molecular weight excluding hydrogens is 400 g/mol. The number of primary amides is 1. The summed E-state index contributed by atoms with van der Waals surface area (Å²) in [4.78, 5) is 40.0. The summed E-state index contributed by atoms with van der Waals surface area (Å²) in [6, 6.07) is 6.92. The van der Waals surface area contributed by atoms with Crippen molar-refractivity contribution in [3.05, 3.63) is 30.2 Å². The van der Waals surface area contributed by atoms with Crippen molar-refractivity contribution in [2.24, 2.45) is 11.1 Å². The zero-order valence-corrected chi connectivity index (χ0v) is 17.9. The molecule has 1 aromatic carbocycles. The van der Waals surface area contributed by atoms with Crippen molar-refractivity contribution >= 4 is 17.7 Å². The van der Waals surface area contributed by atoms with Crippen LogP contribution in [0.15, 0.2) is 28.7 Å². The molecule has 1 aromatic heterocycles. The molecule has 2 aromatic rings. The summed E-state index contributed by atoms with van der Waals surface area (Å²) in [5, 5.41) is 7.79. The zero-order valence-electron chi connectivity index (χ0n) is 17.9. The van der Waals surface area contributed by atoms with Gasteiger partial charge in [0.1, 0.15) is 11.2 Å². The van der Waals surface area contributed by atoms with Crippen molar-refractivity contribution < 1.29 is 23.5 Å². The number of hydrogen-bond donors (Lipinski definition) is 1. The third-order valence-corrected chi connectivity index (χ3v) is 5.76. The highest BCUT2D eigenvalue weighted by atomic mass is 16.5. The number of imide groups is 1. The van der Waals surface area contributed by atoms with E-state index in [1.165, 1.54) is 0 Å². The van der Waals surface area contributed by atoms with Crippen molar-refractivity contribution in [3.63, 3.8) is 0 Å². The number of nitrogens with two attached hydrogens (primary N) is 1. The Kier molecular flexibility index (Phi) is 7.04. The van der Waals surface area contributed by atoms with Gasteiger partial charge in [-0.05, 0) is 43.5 Å². The van der Waals surface area contributed by atoms with Crippen LogP contribution in [0.2, 0.25) is 0 Å². The van der Waals surface area contributed by atoms with Crippen LogP contribution in [0.25, 0.3) is 11.5 Å². The molecule has 31 heavy (non-hydrogen) atoms. The molecule has 3 rings (SSSR count). The van der Waals surface area contributed by atoms with Crippen molar-refractivity contribution in [1.82, 2.24) is 15.1 Å². The molecule has 0 atom stereocenters. The summed E-state index contributed by atoms with van der Waals surface area (Å²) in [5.74, 6) is -1.45. The van der Waals surface area contributed by atoms with Gasteiger partial charge in [0.2, 0.25) is 17.7 Å². The van der Waals surface area contributed by atoms with E-state index in [1.54, 1.807) is 31.4 Å². The predicted molar refractivity (Wildman–Crippen MR) is 112 cm³/mol. The second kappa shape index (κ2) is 9.72. The first-order valence-corrected chi connectivity index (χ1v) is 10.6. The number of ether oxygens (including phenoxy) is 1. The molecule has 1 aliphatic carbocycles. The summed E-state index contributed by atoms with van der Waals surface area (Å²) >= 11 is 0. The molecule has 0 bridgehead atoms. The SMILES string of the molecule is CCCCN(C(=O)c1nnc(-c2ccc(OC)cc2)o1)C(=O)C1(C(N)=O)CCCCC1. The number of carbonyl (C=O) groups is 3. The van der Waals surface area contributed by atoms with Gasteiger partial charge in [0.15, 0.2) is 0 Å². The van der Waals surface area contributed by atoms with Gasteiger partial charge in [-0.2, -0.15) is 0 Å². The van der Waals surface area contributed by atoms with E-state index < -0.39 is 23.1 Å². The Labute approximate surface area is 180 Å². The fraction of sp³-hybridized carbons (Fsp3) is 0.500. The Bertz CT molecular complexity index is 932. The van der Waals surface area contributed by atoms with Gasteiger partial charge in [0.25, 0.3) is 0 Å². The normalized spacial score (nSPS) is 15.3. The molecule has 0 radical (unpaired) electrons. The maximum absolute atomic E-state index is 13.4. The highest BCUT2D eigenvalue weighted by Gasteiger charge is 2.49. The number of unbranched alkanes of at least 4 members (excludes halogenated alkanes) is 1. The molecule has 1 aliphatic rings. The van der Waals surface area contributed by atoms with E-state index in [4.69, 9.17) is 14.9 Å². The summed E-state index contributed by atoms with van der Waals surface area (Å²) in [7, 11) is 1.56. The Morgan fingerprint density at radius 3 is 2.39 bits per heavy atom. The lowest BCUT2D eigenvalue weighted by Gasteiger charge is -2.36. The largest absolute Gasteiger partial charge is 0.497 e. The molecule has 0 unspecified atom stereocenters. The van der Waals surface area contributed by atoms with Gasteiger partial charge in [-0.15, -0.1) is 10.2 Å². The van der Waals surface area contributed by atoms with E-state index in [0.717, 1.165) is 17.7 Å². The molecule has 0 saturated heterocycles. The van der Waals surface area contributed by atoms with E-state index in [2.05, 4.69) is 10.2 Å². The van der Waals surface area contributed by atoms with Crippen LogP contribution in [0.4, 0.5) is 0 Å². The van der Waals surface area contributed by atoms with Gasteiger partial charge in [-0.3, -0.25) is 19.3 Å². The second-order valence-corrected chi connectivity index (χ2v) is 7.76. The highest BCUT2D eigenvalue weighted by molar-refractivity contribution is 6.12. The van der Waals surface area contributed by atoms with Gasteiger partial charge in [-0.25, -0.2) is 0 Å². The Hall–Kier alpha value is -3.23. The summed E-state index contributed by atoms with van der Waals surface area (Å²) in [5.41, 5.74) is 4.90. The van der Waals surface area contributed by atoms with E-state index in [9.17, 15) is 14.4 Å². The molecule has 0 aliphatic heterocycles. The van der Waals surface area contributed by atoms with Gasteiger partial charge < -0.3 is 14.9 Å². The van der Waals surface area contributed by atoms with Gasteiger partial charge in [0.05, 0.1) is 7.11 Å². The lowest BCUT2D eigenvalue weighted by atomic mass is 9.72. The molecule has 3 amide bonds. The minimum absolute atomic E-state index is 0.149. The maximum Gasteiger partial charge on any atom is 0.318 e. The Morgan fingerprint density at radius 2 is 1.81 bits per heavy atom. The van der Waals surface area contributed by atoms with Crippen LogP contribution in [0.1, 0.15) is 62.6 Å². The fourth-order valence-corrected chi connectivity index (χ4v) is 3.87. The van der Waals surface area contributed by atoms with Crippen molar-refractivity contribution in [3.8, 4) is 17.2 Å². The number of amides is 3. The molecule has 166 valence electrons. The zero-order chi connectivity index (χ0) is 22.4. The molecular formula is C22H28N4O5. The number of carbonyl (C=O) groups excluding carboxylic acids is 3. The van der Waals surface area contributed by atoms with Gasteiger partial charge in [-0.1, -0.05) is 32.6 Å². The van der Waals surface area contributed by atoms with Crippen LogP contribution in [0, 0.1) is 5.41 Å². The topological polar surface area (TPSA) is 129 Å². The second-order valence-electron chi connectivity index (χ2n) is 7.76. The van der Waals surface area contributed by atoms with Crippen LogP contribution < -0.4 is 10.5 Å². The number of rotatable bonds is 8. The maximum atomic E-state index is 13.4. The van der Waals surface area contributed by atoms with Crippen LogP contribution in [0.5, 0.6) is 5.75 Å². The standard InChI is InChI=1S/C22H28N4O5/c1-3-4-14-26(21(29)22(20(23)28)12-6-5-7-13-22)19(27)18-25-24-17(31-18)15-8-10-16(30-2)11-9-15/h8-11H,3-7,12-14H2,1-2H3,(H2,23,28). The number of methoxy groups -OCH3 is 1. The third-order valence-electron chi connectivity index (χ3n) is 5.76. The summed E-state index contributed by atoms with van der Waals surface area (Å²) in [6.45, 7) is 2.11. The first-order valence-electron chi connectivity index (χ1n) is 10.6. The number of nitrogens with zero attached hydrogens (tertiary/aromatic N) is 3. The third kappa shape index (κ3) is 4.60. The molecule has 1 saturated carbocycles. The monoisotopic (exact) mass is 428 g/mol. The van der Waals surface area contributed by atoms with Crippen LogP contribution in [0.3, 0.4) is 0 Å². The smallest absolute Gasteiger partial charge is 0.318 e. The summed E-state index contributed by atoms with van der Waals surface area (Å²) < 4.78 is 10.7. The average molecular weight is 428 g/mol. The minimum Gasteiger partial charge on any atom is -0.497 e. The van der Waals surface area contributed by atoms with E-state index in [1.807, 2.05) is 6.92 Å². The van der Waals surface area contributed by atoms with E-state index >= 15 is 0 Å². The fourth-order valence-electron chi connectivity index (χ4n) is 3.87. The van der Waals surface area contributed by atoms with Crippen LogP contribution >= 0.6 is 0 Å².